The Labute approximate surface area is 205 Å². The molecule has 0 spiro atoms. The van der Waals surface area contributed by atoms with E-state index < -0.39 is 55.5 Å². The van der Waals surface area contributed by atoms with Crippen molar-refractivity contribution in [3.63, 3.8) is 0 Å². The molecule has 1 aliphatic rings. The van der Waals surface area contributed by atoms with E-state index in [4.69, 9.17) is 11.0 Å². The average molecular weight is 511 g/mol. The van der Waals surface area contributed by atoms with Gasteiger partial charge in [-0.15, -0.1) is 0 Å². The van der Waals surface area contributed by atoms with Crippen LogP contribution in [0.25, 0.3) is 0 Å². The number of carbonyl (C=O) groups excluding carboxylic acids is 2. The zero-order valence-electron chi connectivity index (χ0n) is 18.7. The zero-order chi connectivity index (χ0) is 26.0. The third kappa shape index (κ3) is 5.10. The molecule has 36 heavy (non-hydrogen) atoms. The SMILES string of the molecule is N#Cc1ccc(CN2C(=O)[C@@H](N)CS(=O)(=O)c3cc(F)c(C(=O)NCc4ccc(F)cc4)cc32)cc1. The third-order valence-electron chi connectivity index (χ3n) is 5.69. The lowest BCUT2D eigenvalue weighted by molar-refractivity contribution is -0.119. The maximum Gasteiger partial charge on any atom is 0.254 e. The van der Waals surface area contributed by atoms with Crippen LogP contribution in [0, 0.1) is 23.0 Å². The molecule has 3 aromatic rings. The number of sulfone groups is 1. The smallest absolute Gasteiger partial charge is 0.254 e. The molecule has 3 aromatic carbocycles. The van der Waals surface area contributed by atoms with E-state index in [1.54, 1.807) is 12.1 Å². The molecule has 184 valence electrons. The first-order valence-electron chi connectivity index (χ1n) is 10.7. The topological polar surface area (TPSA) is 133 Å². The van der Waals surface area contributed by atoms with Gasteiger partial charge in [0.2, 0.25) is 5.91 Å². The van der Waals surface area contributed by atoms with Crippen LogP contribution in [0.3, 0.4) is 0 Å². The number of benzene rings is 3. The molecule has 0 saturated carbocycles. The molecule has 8 nitrogen and oxygen atoms in total. The van der Waals surface area contributed by atoms with Crippen molar-refractivity contribution in [1.29, 1.82) is 5.26 Å². The molecule has 2 amide bonds. The maximum absolute atomic E-state index is 15.0. The quantitative estimate of drug-likeness (QED) is 0.542. The van der Waals surface area contributed by atoms with Gasteiger partial charge in [0.15, 0.2) is 9.84 Å². The first-order valence-corrected chi connectivity index (χ1v) is 12.4. The Kier molecular flexibility index (Phi) is 6.83. The largest absolute Gasteiger partial charge is 0.348 e. The molecular weight excluding hydrogens is 490 g/mol. The van der Waals surface area contributed by atoms with E-state index in [0.29, 0.717) is 22.8 Å². The molecule has 4 rings (SSSR count). The number of nitrogens with one attached hydrogen (secondary N) is 1. The van der Waals surface area contributed by atoms with Crippen LogP contribution in [-0.4, -0.2) is 32.0 Å². The Morgan fingerprint density at radius 1 is 1.08 bits per heavy atom. The summed E-state index contributed by atoms with van der Waals surface area (Å²) < 4.78 is 53.9. The summed E-state index contributed by atoms with van der Waals surface area (Å²) in [6, 6.07) is 13.9. The molecule has 0 radical (unpaired) electrons. The second-order valence-electron chi connectivity index (χ2n) is 8.23. The van der Waals surface area contributed by atoms with Crippen LogP contribution in [0.15, 0.2) is 65.6 Å². The fourth-order valence-electron chi connectivity index (χ4n) is 3.80. The molecule has 0 aromatic heterocycles. The van der Waals surface area contributed by atoms with E-state index in [9.17, 15) is 26.8 Å². The van der Waals surface area contributed by atoms with Gasteiger partial charge in [0.1, 0.15) is 11.6 Å². The first kappa shape index (κ1) is 25.0. The van der Waals surface area contributed by atoms with E-state index in [-0.39, 0.29) is 18.8 Å². The number of nitrogens with zero attached hydrogens (tertiary/aromatic N) is 2. The minimum atomic E-state index is -4.16. The van der Waals surface area contributed by atoms with Gasteiger partial charge in [0.05, 0.1) is 46.1 Å². The molecule has 1 atom stereocenters. The predicted molar refractivity (Wildman–Crippen MR) is 126 cm³/mol. The lowest BCUT2D eigenvalue weighted by Gasteiger charge is -2.25. The second-order valence-corrected chi connectivity index (χ2v) is 10.2. The van der Waals surface area contributed by atoms with Crippen LogP contribution in [0.2, 0.25) is 0 Å². The van der Waals surface area contributed by atoms with Gasteiger partial charge in [-0.3, -0.25) is 9.59 Å². The number of amides is 2. The summed E-state index contributed by atoms with van der Waals surface area (Å²) >= 11 is 0. The van der Waals surface area contributed by atoms with Crippen LogP contribution in [0.1, 0.15) is 27.0 Å². The van der Waals surface area contributed by atoms with Gasteiger partial charge in [-0.1, -0.05) is 24.3 Å². The molecule has 0 saturated heterocycles. The molecule has 0 aliphatic carbocycles. The summed E-state index contributed by atoms with van der Waals surface area (Å²) in [6.07, 6.45) is 0. The van der Waals surface area contributed by atoms with Gasteiger partial charge in [0, 0.05) is 6.54 Å². The number of hydrogen-bond acceptors (Lipinski definition) is 6. The van der Waals surface area contributed by atoms with Crippen molar-refractivity contribution in [3.8, 4) is 6.07 Å². The number of carbonyl (C=O) groups is 2. The summed E-state index contributed by atoms with van der Waals surface area (Å²) in [5.41, 5.74) is 6.73. The summed E-state index contributed by atoms with van der Waals surface area (Å²) in [5.74, 6) is -3.83. The highest BCUT2D eigenvalue weighted by atomic mass is 32.2. The van der Waals surface area contributed by atoms with Crippen LogP contribution in [0.5, 0.6) is 0 Å². The molecule has 1 aliphatic heterocycles. The van der Waals surface area contributed by atoms with Crippen molar-refractivity contribution in [2.75, 3.05) is 10.7 Å². The van der Waals surface area contributed by atoms with Gasteiger partial charge in [-0.05, 0) is 47.5 Å². The van der Waals surface area contributed by atoms with E-state index in [1.807, 2.05) is 6.07 Å². The van der Waals surface area contributed by atoms with Crippen molar-refractivity contribution < 1.29 is 26.8 Å². The predicted octanol–water partition coefficient (Wildman–Crippen LogP) is 2.41. The van der Waals surface area contributed by atoms with Crippen molar-refractivity contribution in [1.82, 2.24) is 5.32 Å². The maximum atomic E-state index is 15.0. The summed E-state index contributed by atoms with van der Waals surface area (Å²) in [6.45, 7) is -0.157. The molecule has 3 N–H and O–H groups in total. The molecule has 1 heterocycles. The fraction of sp³-hybridized carbons (Fsp3) is 0.160. The minimum Gasteiger partial charge on any atom is -0.348 e. The first-order chi connectivity index (χ1) is 17.1. The fourth-order valence-corrected chi connectivity index (χ4v) is 5.37. The average Bonchev–Trinajstić information content (AvgIpc) is 2.92. The van der Waals surface area contributed by atoms with Crippen LogP contribution in [0.4, 0.5) is 14.5 Å². The Balaban J connectivity index is 1.73. The molecular formula is C25H20F2N4O4S. The Hall–Kier alpha value is -4.14. The van der Waals surface area contributed by atoms with Crippen molar-refractivity contribution in [3.05, 3.63) is 94.6 Å². The van der Waals surface area contributed by atoms with Gasteiger partial charge in [0.25, 0.3) is 5.91 Å². The highest BCUT2D eigenvalue weighted by Gasteiger charge is 2.37. The van der Waals surface area contributed by atoms with Crippen LogP contribution in [-0.2, 0) is 27.7 Å². The lowest BCUT2D eigenvalue weighted by Crippen LogP contribution is -2.45. The molecule has 11 heteroatoms. The Morgan fingerprint density at radius 2 is 1.72 bits per heavy atom. The normalized spacial score (nSPS) is 16.6. The number of nitrogens with two attached hydrogens (primary N) is 1. The summed E-state index contributed by atoms with van der Waals surface area (Å²) in [7, 11) is -4.16. The molecule has 0 bridgehead atoms. The molecule has 0 fully saturated rings. The van der Waals surface area contributed by atoms with Crippen LogP contribution >= 0.6 is 0 Å². The van der Waals surface area contributed by atoms with Gasteiger partial charge in [-0.25, -0.2) is 17.2 Å². The Bertz CT molecular complexity index is 1480. The highest BCUT2D eigenvalue weighted by Crippen LogP contribution is 2.34. The standard InChI is InChI=1S/C25H20F2N4O4S/c26-18-7-5-16(6-8-18)12-30-24(32)19-9-22-23(10-20(19)27)36(34,35)14-21(29)25(33)31(22)13-17-3-1-15(11-28)2-4-17/h1-10,21H,12-14,29H2,(H,30,32)/t21-/m0/s1. The summed E-state index contributed by atoms with van der Waals surface area (Å²) in [5, 5.41) is 11.5. The van der Waals surface area contributed by atoms with Gasteiger partial charge < -0.3 is 16.0 Å². The monoisotopic (exact) mass is 510 g/mol. The van der Waals surface area contributed by atoms with Gasteiger partial charge >= 0.3 is 0 Å². The highest BCUT2D eigenvalue weighted by molar-refractivity contribution is 7.91. The summed E-state index contributed by atoms with van der Waals surface area (Å²) in [4.78, 5) is 26.5. The number of rotatable bonds is 5. The Morgan fingerprint density at radius 3 is 2.36 bits per heavy atom. The van der Waals surface area contributed by atoms with E-state index in [2.05, 4.69) is 5.32 Å². The van der Waals surface area contributed by atoms with Crippen molar-refractivity contribution in [2.45, 2.75) is 24.0 Å². The van der Waals surface area contributed by atoms with Crippen molar-refractivity contribution in [2.24, 2.45) is 5.73 Å². The number of halogens is 2. The van der Waals surface area contributed by atoms with Crippen molar-refractivity contribution >= 4 is 27.3 Å². The van der Waals surface area contributed by atoms with E-state index in [1.165, 1.54) is 36.4 Å². The number of nitriles is 1. The number of anilines is 1. The van der Waals surface area contributed by atoms with Gasteiger partial charge in [-0.2, -0.15) is 5.26 Å². The lowest BCUT2D eigenvalue weighted by atomic mass is 10.1. The number of fused-ring (bicyclic) bond motifs is 1. The zero-order valence-corrected chi connectivity index (χ0v) is 19.6. The minimum absolute atomic E-state index is 0.0350. The van der Waals surface area contributed by atoms with E-state index in [0.717, 1.165) is 11.0 Å². The van der Waals surface area contributed by atoms with Crippen LogP contribution < -0.4 is 16.0 Å². The number of hydrogen-bond donors (Lipinski definition) is 2. The van der Waals surface area contributed by atoms with E-state index >= 15 is 0 Å². The molecule has 0 unspecified atom stereocenters. The second kappa shape index (κ2) is 9.85. The third-order valence-corrected chi connectivity index (χ3v) is 7.49.